The molecule has 0 amide bonds. The van der Waals surface area contributed by atoms with E-state index < -0.39 is 17.8 Å². The average molecular weight is 301 g/mol. The van der Waals surface area contributed by atoms with Crippen LogP contribution in [0.1, 0.15) is 24.1 Å². The number of alkyl halides is 3. The van der Waals surface area contributed by atoms with Crippen molar-refractivity contribution in [2.45, 2.75) is 25.2 Å². The molecule has 2 atom stereocenters. The Morgan fingerprint density at radius 3 is 2.52 bits per heavy atom. The van der Waals surface area contributed by atoms with E-state index in [0.29, 0.717) is 0 Å². The molecular weight excluding hydrogens is 279 g/mol. The van der Waals surface area contributed by atoms with E-state index in [1.54, 1.807) is 12.1 Å². The van der Waals surface area contributed by atoms with E-state index in [1.807, 2.05) is 14.0 Å². The molecule has 1 aromatic carbocycles. The molecule has 1 heterocycles. The Balaban J connectivity index is 2.34. The number of benzene rings is 1. The number of likely N-dealkylation sites (N-methyl/N-ethyl adjacent to an activating group) is 1. The molecular formula is C15H22F3N3. The molecule has 2 unspecified atom stereocenters. The van der Waals surface area contributed by atoms with E-state index in [0.717, 1.165) is 25.7 Å². The third-order valence-corrected chi connectivity index (χ3v) is 4.13. The molecule has 0 aliphatic carbocycles. The van der Waals surface area contributed by atoms with Crippen LogP contribution < -0.4 is 5.73 Å². The molecule has 2 N–H and O–H groups in total. The van der Waals surface area contributed by atoms with Gasteiger partial charge in [0.2, 0.25) is 0 Å². The van der Waals surface area contributed by atoms with Crippen molar-refractivity contribution in [3.63, 3.8) is 0 Å². The van der Waals surface area contributed by atoms with Gasteiger partial charge in [-0.05, 0) is 25.6 Å². The summed E-state index contributed by atoms with van der Waals surface area (Å²) >= 11 is 0. The highest BCUT2D eigenvalue weighted by molar-refractivity contribution is 5.33. The molecule has 0 aromatic heterocycles. The fourth-order valence-corrected chi connectivity index (χ4v) is 3.10. The molecule has 0 radical (unpaired) electrons. The first-order chi connectivity index (χ1) is 9.84. The standard InChI is InChI=1S/C15H22F3N3/c1-11-10-20(2)7-8-21(11)14(9-19)12-5-3-4-6-13(12)15(16,17)18/h3-6,11,14H,7-10,19H2,1-2H3. The summed E-state index contributed by atoms with van der Waals surface area (Å²) in [6.07, 6.45) is -4.35. The monoisotopic (exact) mass is 301 g/mol. The Morgan fingerprint density at radius 1 is 1.29 bits per heavy atom. The van der Waals surface area contributed by atoms with Crippen LogP contribution in [0.25, 0.3) is 0 Å². The summed E-state index contributed by atoms with van der Waals surface area (Å²) in [7, 11) is 2.02. The van der Waals surface area contributed by atoms with Gasteiger partial charge in [0, 0.05) is 38.3 Å². The first-order valence-corrected chi connectivity index (χ1v) is 7.15. The normalized spacial score (nSPS) is 23.2. The van der Waals surface area contributed by atoms with Crippen molar-refractivity contribution in [3.8, 4) is 0 Å². The number of hydrogen-bond donors (Lipinski definition) is 1. The van der Waals surface area contributed by atoms with Crippen molar-refractivity contribution in [1.82, 2.24) is 9.80 Å². The molecule has 6 heteroatoms. The van der Waals surface area contributed by atoms with Crippen molar-refractivity contribution in [2.75, 3.05) is 33.2 Å². The van der Waals surface area contributed by atoms with Crippen LogP contribution in [-0.4, -0.2) is 49.1 Å². The third-order valence-electron chi connectivity index (χ3n) is 4.13. The van der Waals surface area contributed by atoms with Gasteiger partial charge in [-0.1, -0.05) is 18.2 Å². The van der Waals surface area contributed by atoms with Crippen LogP contribution in [0.5, 0.6) is 0 Å². The molecule has 21 heavy (non-hydrogen) atoms. The maximum absolute atomic E-state index is 13.2. The van der Waals surface area contributed by atoms with Crippen LogP contribution in [0.3, 0.4) is 0 Å². The first-order valence-electron chi connectivity index (χ1n) is 7.15. The summed E-state index contributed by atoms with van der Waals surface area (Å²) in [5, 5.41) is 0. The molecule has 3 nitrogen and oxygen atoms in total. The molecule has 0 bridgehead atoms. The summed E-state index contributed by atoms with van der Waals surface area (Å²) in [5.41, 5.74) is 5.53. The topological polar surface area (TPSA) is 32.5 Å². The zero-order valence-corrected chi connectivity index (χ0v) is 12.4. The number of nitrogens with zero attached hydrogens (tertiary/aromatic N) is 2. The van der Waals surface area contributed by atoms with E-state index in [4.69, 9.17) is 5.73 Å². The van der Waals surface area contributed by atoms with Crippen molar-refractivity contribution >= 4 is 0 Å². The van der Waals surface area contributed by atoms with Crippen LogP contribution >= 0.6 is 0 Å². The number of piperazine rings is 1. The van der Waals surface area contributed by atoms with E-state index in [9.17, 15) is 13.2 Å². The van der Waals surface area contributed by atoms with E-state index in [-0.39, 0.29) is 18.2 Å². The Bertz CT molecular complexity index is 475. The highest BCUT2D eigenvalue weighted by Crippen LogP contribution is 2.36. The summed E-state index contributed by atoms with van der Waals surface area (Å²) in [4.78, 5) is 4.27. The van der Waals surface area contributed by atoms with Crippen LogP contribution in [-0.2, 0) is 6.18 Å². The Morgan fingerprint density at radius 2 is 1.95 bits per heavy atom. The number of rotatable bonds is 3. The van der Waals surface area contributed by atoms with Gasteiger partial charge in [-0.15, -0.1) is 0 Å². The van der Waals surface area contributed by atoms with Crippen molar-refractivity contribution < 1.29 is 13.2 Å². The van der Waals surface area contributed by atoms with Gasteiger partial charge in [0.25, 0.3) is 0 Å². The minimum atomic E-state index is -4.35. The lowest BCUT2D eigenvalue weighted by atomic mass is 9.96. The van der Waals surface area contributed by atoms with Crippen LogP contribution in [0, 0.1) is 0 Å². The van der Waals surface area contributed by atoms with Gasteiger partial charge in [0.1, 0.15) is 0 Å². The van der Waals surface area contributed by atoms with Gasteiger partial charge >= 0.3 is 6.18 Å². The Hall–Kier alpha value is -1.11. The predicted molar refractivity (Wildman–Crippen MR) is 76.9 cm³/mol. The molecule has 0 saturated carbocycles. The lowest BCUT2D eigenvalue weighted by Gasteiger charge is -2.43. The smallest absolute Gasteiger partial charge is 0.329 e. The zero-order valence-electron chi connectivity index (χ0n) is 12.4. The largest absolute Gasteiger partial charge is 0.416 e. The average Bonchev–Trinajstić information content (AvgIpc) is 2.41. The summed E-state index contributed by atoms with van der Waals surface area (Å²) in [6.45, 7) is 4.63. The first kappa shape index (κ1) is 16.3. The third kappa shape index (κ3) is 3.56. The van der Waals surface area contributed by atoms with Gasteiger partial charge in [0.15, 0.2) is 0 Å². The molecule has 118 valence electrons. The molecule has 1 aliphatic heterocycles. The van der Waals surface area contributed by atoms with Gasteiger partial charge in [0.05, 0.1) is 5.56 Å². The van der Waals surface area contributed by atoms with E-state index in [1.165, 1.54) is 6.07 Å². The van der Waals surface area contributed by atoms with Crippen LogP contribution in [0.2, 0.25) is 0 Å². The number of nitrogens with two attached hydrogens (primary N) is 1. The molecule has 1 aliphatic rings. The van der Waals surface area contributed by atoms with Gasteiger partial charge < -0.3 is 10.6 Å². The fourth-order valence-electron chi connectivity index (χ4n) is 3.10. The number of hydrogen-bond acceptors (Lipinski definition) is 3. The SMILES string of the molecule is CC1CN(C)CCN1C(CN)c1ccccc1C(F)(F)F. The Kier molecular flexibility index (Phi) is 4.91. The quantitative estimate of drug-likeness (QED) is 0.930. The molecule has 1 aromatic rings. The van der Waals surface area contributed by atoms with Gasteiger partial charge in [-0.25, -0.2) is 0 Å². The lowest BCUT2D eigenvalue weighted by Crippen LogP contribution is -2.53. The van der Waals surface area contributed by atoms with E-state index >= 15 is 0 Å². The van der Waals surface area contributed by atoms with Crippen molar-refractivity contribution in [2.24, 2.45) is 5.73 Å². The van der Waals surface area contributed by atoms with Gasteiger partial charge in [-0.3, -0.25) is 4.90 Å². The summed E-state index contributed by atoms with van der Waals surface area (Å²) < 4.78 is 39.6. The maximum atomic E-state index is 13.2. The maximum Gasteiger partial charge on any atom is 0.416 e. The summed E-state index contributed by atoms with van der Waals surface area (Å²) in [5.74, 6) is 0. The van der Waals surface area contributed by atoms with Crippen molar-refractivity contribution in [1.29, 1.82) is 0 Å². The molecule has 0 spiro atoms. The molecule has 1 saturated heterocycles. The predicted octanol–water partition coefficient (Wildman–Crippen LogP) is 2.34. The van der Waals surface area contributed by atoms with Crippen molar-refractivity contribution in [3.05, 3.63) is 35.4 Å². The molecule has 2 rings (SSSR count). The van der Waals surface area contributed by atoms with Gasteiger partial charge in [-0.2, -0.15) is 13.2 Å². The van der Waals surface area contributed by atoms with Crippen LogP contribution in [0.4, 0.5) is 13.2 Å². The minimum Gasteiger partial charge on any atom is -0.329 e. The number of halogens is 3. The fraction of sp³-hybridized carbons (Fsp3) is 0.600. The molecule has 1 fully saturated rings. The minimum absolute atomic E-state index is 0.179. The summed E-state index contributed by atoms with van der Waals surface area (Å²) in [6, 6.07) is 5.54. The highest BCUT2D eigenvalue weighted by Gasteiger charge is 2.37. The lowest BCUT2D eigenvalue weighted by molar-refractivity contribution is -0.139. The zero-order chi connectivity index (χ0) is 15.6. The highest BCUT2D eigenvalue weighted by atomic mass is 19.4. The second-order valence-electron chi connectivity index (χ2n) is 5.69. The second kappa shape index (κ2) is 6.34. The van der Waals surface area contributed by atoms with E-state index in [2.05, 4.69) is 9.80 Å². The van der Waals surface area contributed by atoms with Crippen LogP contribution in [0.15, 0.2) is 24.3 Å². The Labute approximate surface area is 123 Å². The second-order valence-corrected chi connectivity index (χ2v) is 5.69.